The normalized spacial score (nSPS) is 11.6. The topological polar surface area (TPSA) is 59.1 Å². The highest BCUT2D eigenvalue weighted by molar-refractivity contribution is 9.09. The van der Waals surface area contributed by atoms with Crippen LogP contribution in [0.4, 0.5) is 5.82 Å². The number of nitrogens with zero attached hydrogens (tertiary/aromatic N) is 1. The highest BCUT2D eigenvalue weighted by Crippen LogP contribution is 2.28. The Morgan fingerprint density at radius 2 is 1.69 bits per heavy atom. The number of rotatable bonds is 5. The second kappa shape index (κ2) is 8.06. The number of benzene rings is 2. The van der Waals surface area contributed by atoms with Crippen molar-refractivity contribution < 1.29 is 9.59 Å². The Labute approximate surface area is 160 Å². The molecule has 0 saturated heterocycles. The van der Waals surface area contributed by atoms with E-state index in [1.54, 1.807) is 48.7 Å². The third kappa shape index (κ3) is 4.24. The quantitative estimate of drug-likeness (QED) is 0.479. The summed E-state index contributed by atoms with van der Waals surface area (Å²) in [7, 11) is 0. The number of nitrogens with one attached hydrogen (secondary N) is 1. The molecule has 1 atom stereocenters. The number of anilines is 1. The van der Waals surface area contributed by atoms with Crippen LogP contribution < -0.4 is 5.32 Å². The van der Waals surface area contributed by atoms with Gasteiger partial charge in [0.15, 0.2) is 5.78 Å². The third-order valence-electron chi connectivity index (χ3n) is 3.89. The Hall–Kier alpha value is -2.79. The molecule has 1 unspecified atom stereocenters. The fourth-order valence-electron chi connectivity index (χ4n) is 2.55. The first-order chi connectivity index (χ1) is 12.5. The third-order valence-corrected chi connectivity index (χ3v) is 4.83. The minimum absolute atomic E-state index is 0.0414. The van der Waals surface area contributed by atoms with Gasteiger partial charge in [-0.25, -0.2) is 4.98 Å². The number of amides is 1. The van der Waals surface area contributed by atoms with Crippen LogP contribution in [-0.2, 0) is 0 Å². The van der Waals surface area contributed by atoms with E-state index >= 15 is 0 Å². The summed E-state index contributed by atoms with van der Waals surface area (Å²) < 4.78 is 0. The van der Waals surface area contributed by atoms with Crippen molar-refractivity contribution in [2.24, 2.45) is 0 Å². The molecule has 1 aromatic heterocycles. The Bertz CT molecular complexity index is 942. The van der Waals surface area contributed by atoms with E-state index in [2.05, 4.69) is 26.2 Å². The number of halogens is 1. The minimum atomic E-state index is -0.514. The summed E-state index contributed by atoms with van der Waals surface area (Å²) in [6.45, 7) is 1.95. The van der Waals surface area contributed by atoms with Crippen LogP contribution in [0, 0.1) is 6.92 Å². The number of hydrogen-bond acceptors (Lipinski definition) is 3. The fraction of sp³-hybridized carbons (Fsp3) is 0.0952. The van der Waals surface area contributed by atoms with Crippen LogP contribution in [0.15, 0.2) is 72.9 Å². The summed E-state index contributed by atoms with van der Waals surface area (Å²) in [5.41, 5.74) is 2.94. The van der Waals surface area contributed by atoms with Crippen molar-refractivity contribution in [2.75, 3.05) is 5.32 Å². The number of ketones is 1. The van der Waals surface area contributed by atoms with Gasteiger partial charge in [-0.05, 0) is 42.8 Å². The average Bonchev–Trinajstić information content (AvgIpc) is 2.67. The first-order valence-corrected chi connectivity index (χ1v) is 9.03. The lowest BCUT2D eigenvalue weighted by molar-refractivity contribution is 0.0990. The van der Waals surface area contributed by atoms with Gasteiger partial charge in [0.2, 0.25) is 0 Å². The molecule has 0 radical (unpaired) electrons. The molecular formula is C21H17BrN2O2. The van der Waals surface area contributed by atoms with Crippen LogP contribution in [-0.4, -0.2) is 16.7 Å². The van der Waals surface area contributed by atoms with Crippen LogP contribution in [0.3, 0.4) is 0 Å². The van der Waals surface area contributed by atoms with Gasteiger partial charge in [-0.2, -0.15) is 0 Å². The van der Waals surface area contributed by atoms with Gasteiger partial charge in [0.25, 0.3) is 5.91 Å². The van der Waals surface area contributed by atoms with Crippen LogP contribution >= 0.6 is 15.9 Å². The fourth-order valence-corrected chi connectivity index (χ4v) is 3.10. The zero-order valence-corrected chi connectivity index (χ0v) is 15.7. The predicted molar refractivity (Wildman–Crippen MR) is 106 cm³/mol. The molecule has 1 amide bonds. The predicted octanol–water partition coefficient (Wildman–Crippen LogP) is 4.96. The molecule has 1 heterocycles. The lowest BCUT2D eigenvalue weighted by Crippen LogP contribution is -2.13. The molecule has 4 nitrogen and oxygen atoms in total. The number of carbonyl (C=O) groups is 2. The second-order valence-corrected chi connectivity index (χ2v) is 6.81. The number of alkyl halides is 1. The molecule has 0 spiro atoms. The molecule has 0 aliphatic rings. The van der Waals surface area contributed by atoms with E-state index in [0.29, 0.717) is 16.9 Å². The monoisotopic (exact) mass is 408 g/mol. The molecule has 0 aliphatic heterocycles. The summed E-state index contributed by atoms with van der Waals surface area (Å²) in [5.74, 6) is 0.115. The zero-order chi connectivity index (χ0) is 18.5. The van der Waals surface area contributed by atoms with Gasteiger partial charge in [-0.1, -0.05) is 57.9 Å². The number of pyridine rings is 1. The average molecular weight is 409 g/mol. The van der Waals surface area contributed by atoms with E-state index in [4.69, 9.17) is 0 Å². The molecule has 5 heteroatoms. The van der Waals surface area contributed by atoms with Gasteiger partial charge < -0.3 is 5.32 Å². The SMILES string of the molecule is Cc1cccc(C(=O)C(Br)c2ccnc(NC(=O)c3ccccc3)c2)c1. The van der Waals surface area contributed by atoms with E-state index in [1.165, 1.54) is 0 Å². The van der Waals surface area contributed by atoms with Gasteiger partial charge in [0, 0.05) is 17.3 Å². The summed E-state index contributed by atoms with van der Waals surface area (Å²) in [6.07, 6.45) is 1.58. The molecule has 0 fully saturated rings. The van der Waals surface area contributed by atoms with Gasteiger partial charge in [0.05, 0.1) is 0 Å². The molecule has 1 N–H and O–H groups in total. The Morgan fingerprint density at radius 1 is 0.962 bits per heavy atom. The van der Waals surface area contributed by atoms with Crippen LogP contribution in [0.25, 0.3) is 0 Å². The van der Waals surface area contributed by atoms with E-state index in [9.17, 15) is 9.59 Å². The van der Waals surface area contributed by atoms with Gasteiger partial charge in [0.1, 0.15) is 10.6 Å². The highest BCUT2D eigenvalue weighted by atomic mass is 79.9. The van der Waals surface area contributed by atoms with E-state index < -0.39 is 4.83 Å². The number of Topliss-reactive ketones (excluding diaryl/α,β-unsaturated/α-hetero) is 1. The second-order valence-electron chi connectivity index (χ2n) is 5.89. The highest BCUT2D eigenvalue weighted by Gasteiger charge is 2.20. The summed E-state index contributed by atoms with van der Waals surface area (Å²) in [4.78, 5) is 28.6. The molecule has 0 bridgehead atoms. The van der Waals surface area contributed by atoms with Crippen molar-refractivity contribution in [1.82, 2.24) is 4.98 Å². The lowest BCUT2D eigenvalue weighted by Gasteiger charge is -2.12. The van der Waals surface area contributed by atoms with Crippen molar-refractivity contribution in [3.05, 3.63) is 95.2 Å². The summed E-state index contributed by atoms with van der Waals surface area (Å²) in [6, 6.07) is 19.8. The Morgan fingerprint density at radius 3 is 2.42 bits per heavy atom. The van der Waals surface area contributed by atoms with Gasteiger partial charge in [-0.3, -0.25) is 9.59 Å². The number of aryl methyl sites for hydroxylation is 1. The Balaban J connectivity index is 1.78. The number of aromatic nitrogens is 1. The molecule has 3 aromatic rings. The molecule has 0 aliphatic carbocycles. The standard InChI is InChI=1S/C21H17BrN2O2/c1-14-6-5-9-17(12-14)20(25)19(22)16-10-11-23-18(13-16)24-21(26)15-7-3-2-4-8-15/h2-13,19H,1H3,(H,23,24,26). The zero-order valence-electron chi connectivity index (χ0n) is 14.1. The largest absolute Gasteiger partial charge is 0.307 e. The van der Waals surface area contributed by atoms with Crippen LogP contribution in [0.1, 0.15) is 36.7 Å². The van der Waals surface area contributed by atoms with Crippen LogP contribution in [0.2, 0.25) is 0 Å². The van der Waals surface area contributed by atoms with Gasteiger partial charge in [-0.15, -0.1) is 0 Å². The first kappa shape index (κ1) is 18.0. The maximum Gasteiger partial charge on any atom is 0.256 e. The molecule has 0 saturated carbocycles. The van der Waals surface area contributed by atoms with Crippen molar-refractivity contribution in [3.8, 4) is 0 Å². The van der Waals surface area contributed by atoms with Crippen molar-refractivity contribution in [3.63, 3.8) is 0 Å². The number of carbonyl (C=O) groups excluding carboxylic acids is 2. The molecule has 2 aromatic carbocycles. The van der Waals surface area contributed by atoms with Crippen LogP contribution in [0.5, 0.6) is 0 Å². The molecule has 3 rings (SSSR count). The van der Waals surface area contributed by atoms with E-state index in [1.807, 2.05) is 31.2 Å². The maximum atomic E-state index is 12.7. The molecular weight excluding hydrogens is 392 g/mol. The van der Waals surface area contributed by atoms with Crippen molar-refractivity contribution in [1.29, 1.82) is 0 Å². The van der Waals surface area contributed by atoms with Gasteiger partial charge >= 0.3 is 0 Å². The first-order valence-electron chi connectivity index (χ1n) is 8.12. The Kier molecular flexibility index (Phi) is 5.58. The lowest BCUT2D eigenvalue weighted by atomic mass is 10.0. The van der Waals surface area contributed by atoms with E-state index in [0.717, 1.165) is 11.1 Å². The summed E-state index contributed by atoms with van der Waals surface area (Å²) in [5, 5.41) is 2.76. The van der Waals surface area contributed by atoms with E-state index in [-0.39, 0.29) is 11.7 Å². The molecule has 26 heavy (non-hydrogen) atoms. The minimum Gasteiger partial charge on any atom is -0.307 e. The van der Waals surface area contributed by atoms with Crippen molar-refractivity contribution >= 4 is 33.4 Å². The van der Waals surface area contributed by atoms with Crippen molar-refractivity contribution in [2.45, 2.75) is 11.8 Å². The summed E-state index contributed by atoms with van der Waals surface area (Å²) >= 11 is 3.47. The number of hydrogen-bond donors (Lipinski definition) is 1. The smallest absolute Gasteiger partial charge is 0.256 e. The molecule has 130 valence electrons. The maximum absolute atomic E-state index is 12.7.